The van der Waals surface area contributed by atoms with Crippen molar-refractivity contribution >= 4 is 17.8 Å². The molecule has 4 atom stereocenters. The van der Waals surface area contributed by atoms with Crippen molar-refractivity contribution in [3.8, 4) is 0 Å². The van der Waals surface area contributed by atoms with E-state index in [0.29, 0.717) is 32.4 Å². The van der Waals surface area contributed by atoms with Gasteiger partial charge in [-0.15, -0.1) is 0 Å². The summed E-state index contributed by atoms with van der Waals surface area (Å²) < 4.78 is 5.72. The average Bonchev–Trinajstić information content (AvgIpc) is 3.52. The minimum absolute atomic E-state index is 0.0299. The largest absolute Gasteiger partial charge is 0.463 e. The molecule has 3 heterocycles. The molecule has 1 aromatic rings. The highest BCUT2D eigenvalue weighted by Crippen LogP contribution is 2.27. The molecular formula is C27H36N2O5. The first-order valence-corrected chi connectivity index (χ1v) is 12.6. The van der Waals surface area contributed by atoms with Crippen LogP contribution in [0.15, 0.2) is 42.5 Å². The molecule has 1 N–H and O–H groups in total. The molecule has 0 spiro atoms. The summed E-state index contributed by atoms with van der Waals surface area (Å²) in [6, 6.07) is 9.66. The van der Waals surface area contributed by atoms with Crippen LogP contribution in [0.5, 0.6) is 0 Å². The van der Waals surface area contributed by atoms with Gasteiger partial charge in [-0.1, -0.05) is 42.5 Å². The Balaban J connectivity index is 1.49. The van der Waals surface area contributed by atoms with E-state index >= 15 is 0 Å². The number of benzene rings is 1. The van der Waals surface area contributed by atoms with Crippen LogP contribution in [0.3, 0.4) is 0 Å². The summed E-state index contributed by atoms with van der Waals surface area (Å²) in [5.74, 6) is -1.02. The van der Waals surface area contributed by atoms with E-state index in [1.165, 1.54) is 0 Å². The zero-order valence-corrected chi connectivity index (χ0v) is 19.8. The third kappa shape index (κ3) is 5.87. The van der Waals surface area contributed by atoms with E-state index in [-0.39, 0.29) is 55.4 Å². The standard InChI is InChI=1S/C27H36N2O5/c30-18-23-12-6-14-28(23)25(31)17-21-10-4-5-11-22(16-20-8-2-1-3-9-20)27(33)34-19-24-13-7-15-29(24)26(21)32/h1-5,8-9,21-24,30H,6-7,10-19H2/t21-,22+,23+,24+/m1/s1. The van der Waals surface area contributed by atoms with Crippen molar-refractivity contribution in [2.24, 2.45) is 11.8 Å². The predicted octanol–water partition coefficient (Wildman–Crippen LogP) is 2.72. The number of hydrogen-bond acceptors (Lipinski definition) is 5. The predicted molar refractivity (Wildman–Crippen MR) is 128 cm³/mol. The van der Waals surface area contributed by atoms with Gasteiger partial charge in [0.05, 0.1) is 30.5 Å². The van der Waals surface area contributed by atoms with Crippen LogP contribution in [-0.2, 0) is 25.5 Å². The van der Waals surface area contributed by atoms with Gasteiger partial charge in [0.25, 0.3) is 0 Å². The van der Waals surface area contributed by atoms with E-state index in [4.69, 9.17) is 4.74 Å². The lowest BCUT2D eigenvalue weighted by atomic mass is 9.94. The first-order valence-electron chi connectivity index (χ1n) is 12.6. The Morgan fingerprint density at radius 1 is 1.00 bits per heavy atom. The Labute approximate surface area is 201 Å². The molecule has 0 bridgehead atoms. The summed E-state index contributed by atoms with van der Waals surface area (Å²) in [6.45, 7) is 1.45. The molecule has 0 unspecified atom stereocenters. The van der Waals surface area contributed by atoms with Crippen LogP contribution in [0.1, 0.15) is 50.5 Å². The number of rotatable bonds is 5. The van der Waals surface area contributed by atoms with Crippen LogP contribution < -0.4 is 0 Å². The molecule has 184 valence electrons. The second kappa shape index (κ2) is 11.6. The first kappa shape index (κ1) is 24.5. The molecular weight excluding hydrogens is 432 g/mol. The summed E-state index contributed by atoms with van der Waals surface area (Å²) in [4.78, 5) is 43.0. The van der Waals surface area contributed by atoms with Crippen LogP contribution in [0.4, 0.5) is 0 Å². The van der Waals surface area contributed by atoms with Gasteiger partial charge in [0, 0.05) is 19.5 Å². The van der Waals surface area contributed by atoms with Gasteiger partial charge in [-0.3, -0.25) is 14.4 Å². The van der Waals surface area contributed by atoms with Crippen molar-refractivity contribution in [3.05, 3.63) is 48.0 Å². The number of amides is 2. The molecule has 0 saturated carbocycles. The van der Waals surface area contributed by atoms with Gasteiger partial charge in [0.2, 0.25) is 11.8 Å². The van der Waals surface area contributed by atoms with Gasteiger partial charge in [0.15, 0.2) is 0 Å². The molecule has 34 heavy (non-hydrogen) atoms. The van der Waals surface area contributed by atoms with Crippen molar-refractivity contribution in [2.45, 2.75) is 63.5 Å². The molecule has 0 radical (unpaired) electrons. The third-order valence-corrected chi connectivity index (χ3v) is 7.42. The van der Waals surface area contributed by atoms with Gasteiger partial charge in [-0.25, -0.2) is 0 Å². The maximum atomic E-state index is 13.5. The Morgan fingerprint density at radius 3 is 2.50 bits per heavy atom. The number of carbonyl (C=O) groups is 3. The Kier molecular flexibility index (Phi) is 8.38. The lowest BCUT2D eigenvalue weighted by Gasteiger charge is -2.30. The van der Waals surface area contributed by atoms with Crippen LogP contribution in [0.25, 0.3) is 0 Å². The molecule has 3 aliphatic heterocycles. The summed E-state index contributed by atoms with van der Waals surface area (Å²) in [6.07, 6.45) is 9.03. The molecule has 3 aliphatic rings. The number of hydrogen-bond donors (Lipinski definition) is 1. The smallest absolute Gasteiger partial charge is 0.309 e. The highest BCUT2D eigenvalue weighted by molar-refractivity contribution is 5.86. The molecule has 0 aliphatic carbocycles. The van der Waals surface area contributed by atoms with Crippen molar-refractivity contribution in [2.75, 3.05) is 26.3 Å². The summed E-state index contributed by atoms with van der Waals surface area (Å²) in [5.41, 5.74) is 1.09. The summed E-state index contributed by atoms with van der Waals surface area (Å²) in [7, 11) is 0. The number of esters is 1. The van der Waals surface area contributed by atoms with E-state index in [9.17, 15) is 19.5 Å². The topological polar surface area (TPSA) is 87.2 Å². The van der Waals surface area contributed by atoms with Gasteiger partial charge >= 0.3 is 5.97 Å². The minimum Gasteiger partial charge on any atom is -0.463 e. The molecule has 2 saturated heterocycles. The van der Waals surface area contributed by atoms with Gasteiger partial charge in [-0.05, 0) is 50.5 Å². The normalized spacial score (nSPS) is 28.3. The van der Waals surface area contributed by atoms with Crippen molar-refractivity contribution in [3.63, 3.8) is 0 Å². The van der Waals surface area contributed by atoms with Crippen molar-refractivity contribution < 1.29 is 24.2 Å². The molecule has 7 heteroatoms. The van der Waals surface area contributed by atoms with Crippen LogP contribution in [0.2, 0.25) is 0 Å². The lowest BCUT2D eigenvalue weighted by Crippen LogP contribution is -2.45. The molecule has 0 aromatic heterocycles. The number of likely N-dealkylation sites (tertiary alicyclic amines) is 1. The highest BCUT2D eigenvalue weighted by atomic mass is 16.5. The van der Waals surface area contributed by atoms with E-state index in [1.807, 2.05) is 47.4 Å². The average molecular weight is 469 g/mol. The number of ether oxygens (including phenoxy) is 1. The van der Waals surface area contributed by atoms with Crippen molar-refractivity contribution in [1.82, 2.24) is 9.80 Å². The molecule has 7 nitrogen and oxygen atoms in total. The zero-order chi connectivity index (χ0) is 23.9. The number of cyclic esters (lactones) is 1. The number of fused-ring (bicyclic) bond motifs is 1. The second-order valence-electron chi connectivity index (χ2n) is 9.75. The number of aliphatic hydroxyl groups is 1. The van der Waals surface area contributed by atoms with Crippen LogP contribution >= 0.6 is 0 Å². The van der Waals surface area contributed by atoms with Crippen LogP contribution in [-0.4, -0.2) is 71.1 Å². The Morgan fingerprint density at radius 2 is 1.74 bits per heavy atom. The van der Waals surface area contributed by atoms with Gasteiger partial charge in [-0.2, -0.15) is 0 Å². The maximum Gasteiger partial charge on any atom is 0.309 e. The Hall–Kier alpha value is -2.67. The second-order valence-corrected chi connectivity index (χ2v) is 9.75. The summed E-state index contributed by atoms with van der Waals surface area (Å²) in [5, 5.41) is 9.61. The van der Waals surface area contributed by atoms with E-state index in [1.54, 1.807) is 4.90 Å². The quantitative estimate of drug-likeness (QED) is 0.530. The van der Waals surface area contributed by atoms with Gasteiger partial charge in [0.1, 0.15) is 6.61 Å². The molecule has 2 fully saturated rings. The monoisotopic (exact) mass is 468 g/mol. The fraction of sp³-hybridized carbons (Fsp3) is 0.593. The highest BCUT2D eigenvalue weighted by Gasteiger charge is 2.37. The number of aliphatic hydroxyl groups excluding tert-OH is 1. The molecule has 2 amide bonds. The SMILES string of the molecule is O=C1OC[C@@H]2CCCN2C(=O)[C@@H](CC(=O)N2CCC[C@H]2CO)CC=CC[C@H]1Cc1ccccc1. The Bertz CT molecular complexity index is 886. The molecule has 1 aromatic carbocycles. The first-order chi connectivity index (χ1) is 16.6. The number of allylic oxidation sites excluding steroid dienone is 2. The molecule has 4 rings (SSSR count). The fourth-order valence-corrected chi connectivity index (χ4v) is 5.47. The van der Waals surface area contributed by atoms with E-state index < -0.39 is 5.92 Å². The van der Waals surface area contributed by atoms with Crippen LogP contribution in [0, 0.1) is 11.8 Å². The van der Waals surface area contributed by atoms with E-state index in [2.05, 4.69) is 0 Å². The van der Waals surface area contributed by atoms with Gasteiger partial charge < -0.3 is 19.6 Å². The zero-order valence-electron chi connectivity index (χ0n) is 19.8. The fourth-order valence-electron chi connectivity index (χ4n) is 5.47. The third-order valence-electron chi connectivity index (χ3n) is 7.42. The minimum atomic E-state index is -0.438. The summed E-state index contributed by atoms with van der Waals surface area (Å²) >= 11 is 0. The number of nitrogens with zero attached hydrogens (tertiary/aromatic N) is 2. The van der Waals surface area contributed by atoms with Crippen molar-refractivity contribution in [1.29, 1.82) is 0 Å². The van der Waals surface area contributed by atoms with E-state index in [0.717, 1.165) is 31.2 Å². The maximum absolute atomic E-state index is 13.5. The number of carbonyl (C=O) groups excluding carboxylic acids is 3. The lowest BCUT2D eigenvalue weighted by molar-refractivity contribution is -0.152.